The van der Waals surface area contributed by atoms with E-state index in [1.54, 1.807) is 6.07 Å². The van der Waals surface area contributed by atoms with E-state index in [1.165, 1.54) is 24.6 Å². The largest absolute Gasteiger partial charge is 0.356 e. The number of nitrogens with zero attached hydrogens (tertiary/aromatic N) is 3. The Morgan fingerprint density at radius 1 is 1.36 bits per heavy atom. The van der Waals surface area contributed by atoms with Crippen LogP contribution in [0.15, 0.2) is 11.2 Å². The van der Waals surface area contributed by atoms with E-state index in [0.29, 0.717) is 16.1 Å². The van der Waals surface area contributed by atoms with Crippen molar-refractivity contribution in [2.75, 3.05) is 30.3 Å². The predicted molar refractivity (Wildman–Crippen MR) is 91.7 cm³/mol. The zero-order valence-corrected chi connectivity index (χ0v) is 14.5. The normalized spacial score (nSPS) is 14.4. The monoisotopic (exact) mass is 342 g/mol. The lowest BCUT2D eigenvalue weighted by Gasteiger charge is -2.16. The number of unbranched alkanes of at least 4 members (excludes halogenated alkanes) is 2. The van der Waals surface area contributed by atoms with Crippen molar-refractivity contribution in [3.05, 3.63) is 11.2 Å². The molecular weight excluding hydrogens is 320 g/mol. The van der Waals surface area contributed by atoms with Crippen LogP contribution < -0.4 is 10.2 Å². The van der Waals surface area contributed by atoms with E-state index in [4.69, 9.17) is 11.6 Å². The first-order valence-corrected chi connectivity index (χ1v) is 9.24. The molecule has 2 rings (SSSR count). The minimum Gasteiger partial charge on any atom is -0.356 e. The summed E-state index contributed by atoms with van der Waals surface area (Å²) in [6.07, 6.45) is 5.69. The molecule has 1 aromatic rings. The Labute approximate surface area is 141 Å². The van der Waals surface area contributed by atoms with Gasteiger partial charge in [0.15, 0.2) is 5.16 Å². The van der Waals surface area contributed by atoms with Gasteiger partial charge < -0.3 is 10.2 Å². The van der Waals surface area contributed by atoms with Gasteiger partial charge in [-0.25, -0.2) is 9.97 Å². The lowest BCUT2D eigenvalue weighted by atomic mass is 10.2. The third kappa shape index (κ3) is 5.65. The molecule has 0 spiro atoms. The molecule has 1 aromatic heterocycles. The maximum atomic E-state index is 11.8. The predicted octanol–water partition coefficient (Wildman–Crippen LogP) is 3.13. The number of nitrogens with one attached hydrogen (secondary N) is 1. The zero-order valence-electron chi connectivity index (χ0n) is 13.0. The molecule has 5 nitrogen and oxygen atoms in total. The van der Waals surface area contributed by atoms with Gasteiger partial charge in [-0.1, -0.05) is 43.1 Å². The molecule has 2 heterocycles. The third-order valence-corrected chi connectivity index (χ3v) is 4.57. The molecule has 0 aliphatic carbocycles. The molecule has 1 fully saturated rings. The second-order valence-electron chi connectivity index (χ2n) is 5.37. The summed E-state index contributed by atoms with van der Waals surface area (Å²) in [6.45, 7) is 4.90. The highest BCUT2D eigenvalue weighted by atomic mass is 35.5. The molecule has 0 atom stereocenters. The van der Waals surface area contributed by atoms with E-state index >= 15 is 0 Å². The van der Waals surface area contributed by atoms with Crippen LogP contribution in [-0.2, 0) is 4.79 Å². The van der Waals surface area contributed by atoms with Gasteiger partial charge in [-0.15, -0.1) is 0 Å². The standard InChI is InChI=1S/C15H23ClN4OS/c1-2-3-4-7-17-14(21)11-22-15-18-12(16)10-13(19-15)20-8-5-6-9-20/h10H,2-9,11H2,1H3,(H,17,21). The van der Waals surface area contributed by atoms with Crippen LogP contribution in [0.1, 0.15) is 39.0 Å². The molecule has 0 bridgehead atoms. The maximum absolute atomic E-state index is 11.8. The molecule has 0 aromatic carbocycles. The second-order valence-corrected chi connectivity index (χ2v) is 6.70. The van der Waals surface area contributed by atoms with Gasteiger partial charge in [-0.3, -0.25) is 4.79 Å². The van der Waals surface area contributed by atoms with Gasteiger partial charge in [0.1, 0.15) is 11.0 Å². The number of amides is 1. The Kier molecular flexibility index (Phi) is 7.25. The third-order valence-electron chi connectivity index (χ3n) is 3.53. The molecule has 0 saturated carbocycles. The summed E-state index contributed by atoms with van der Waals surface area (Å²) < 4.78 is 0. The molecule has 1 saturated heterocycles. The SMILES string of the molecule is CCCCCNC(=O)CSc1nc(Cl)cc(N2CCCC2)n1. The van der Waals surface area contributed by atoms with Gasteiger partial charge >= 0.3 is 0 Å². The van der Waals surface area contributed by atoms with Crippen molar-refractivity contribution in [1.29, 1.82) is 0 Å². The minimum atomic E-state index is 0.0207. The number of thioether (sulfide) groups is 1. The lowest BCUT2D eigenvalue weighted by Crippen LogP contribution is -2.26. The van der Waals surface area contributed by atoms with Crippen LogP contribution in [0.5, 0.6) is 0 Å². The van der Waals surface area contributed by atoms with Crippen molar-refractivity contribution in [1.82, 2.24) is 15.3 Å². The smallest absolute Gasteiger partial charge is 0.230 e. The van der Waals surface area contributed by atoms with E-state index in [0.717, 1.165) is 44.7 Å². The fourth-order valence-electron chi connectivity index (χ4n) is 2.34. The average Bonchev–Trinajstić information content (AvgIpc) is 3.03. The first-order valence-electron chi connectivity index (χ1n) is 7.88. The van der Waals surface area contributed by atoms with Crippen molar-refractivity contribution in [2.24, 2.45) is 0 Å². The van der Waals surface area contributed by atoms with Gasteiger partial charge in [-0.2, -0.15) is 0 Å². The van der Waals surface area contributed by atoms with Gasteiger partial charge in [0, 0.05) is 25.7 Å². The number of halogens is 1. The fourth-order valence-corrected chi connectivity index (χ4v) is 3.25. The first kappa shape index (κ1) is 17.3. The summed E-state index contributed by atoms with van der Waals surface area (Å²) in [5.41, 5.74) is 0. The Bertz CT molecular complexity index is 494. The van der Waals surface area contributed by atoms with Crippen LogP contribution in [0, 0.1) is 0 Å². The number of rotatable bonds is 8. The Morgan fingerprint density at radius 2 is 2.14 bits per heavy atom. The van der Waals surface area contributed by atoms with Gasteiger partial charge in [0.2, 0.25) is 5.91 Å². The Hall–Kier alpha value is -1.01. The van der Waals surface area contributed by atoms with Gasteiger partial charge in [0.25, 0.3) is 0 Å². The molecule has 1 amide bonds. The van der Waals surface area contributed by atoms with Crippen LogP contribution in [0.4, 0.5) is 5.82 Å². The summed E-state index contributed by atoms with van der Waals surface area (Å²) in [5.74, 6) is 1.21. The summed E-state index contributed by atoms with van der Waals surface area (Å²) in [5, 5.41) is 3.91. The van der Waals surface area contributed by atoms with Crippen LogP contribution in [0.3, 0.4) is 0 Å². The molecule has 0 radical (unpaired) electrons. The van der Waals surface area contributed by atoms with Crippen LogP contribution in [0.25, 0.3) is 0 Å². The molecule has 1 aliphatic heterocycles. The average molecular weight is 343 g/mol. The number of aromatic nitrogens is 2. The zero-order chi connectivity index (χ0) is 15.8. The van der Waals surface area contributed by atoms with Crippen molar-refractivity contribution < 1.29 is 4.79 Å². The van der Waals surface area contributed by atoms with Crippen molar-refractivity contribution in [3.8, 4) is 0 Å². The van der Waals surface area contributed by atoms with Crippen LogP contribution in [0.2, 0.25) is 5.15 Å². The maximum Gasteiger partial charge on any atom is 0.230 e. The van der Waals surface area contributed by atoms with Crippen molar-refractivity contribution >= 4 is 35.1 Å². The molecule has 1 N–H and O–H groups in total. The highest BCUT2D eigenvalue weighted by molar-refractivity contribution is 7.99. The summed E-state index contributed by atoms with van der Waals surface area (Å²) in [4.78, 5) is 22.7. The van der Waals surface area contributed by atoms with E-state index in [2.05, 4.69) is 27.1 Å². The van der Waals surface area contributed by atoms with Crippen LogP contribution in [-0.4, -0.2) is 41.3 Å². The number of carbonyl (C=O) groups is 1. The highest BCUT2D eigenvalue weighted by Crippen LogP contribution is 2.24. The second kappa shape index (κ2) is 9.20. The minimum absolute atomic E-state index is 0.0207. The number of hydrogen-bond donors (Lipinski definition) is 1. The van der Waals surface area contributed by atoms with Crippen molar-refractivity contribution in [2.45, 2.75) is 44.2 Å². The van der Waals surface area contributed by atoms with E-state index < -0.39 is 0 Å². The van der Waals surface area contributed by atoms with Gasteiger partial charge in [0.05, 0.1) is 5.75 Å². The van der Waals surface area contributed by atoms with E-state index in [1.807, 2.05) is 0 Å². The molecule has 7 heteroatoms. The molecule has 1 aliphatic rings. The van der Waals surface area contributed by atoms with E-state index in [9.17, 15) is 4.79 Å². The topological polar surface area (TPSA) is 58.1 Å². The number of anilines is 1. The van der Waals surface area contributed by atoms with Crippen LogP contribution >= 0.6 is 23.4 Å². The first-order chi connectivity index (χ1) is 10.7. The molecule has 122 valence electrons. The summed E-state index contributed by atoms with van der Waals surface area (Å²) >= 11 is 7.40. The summed E-state index contributed by atoms with van der Waals surface area (Å²) in [6, 6.07) is 1.79. The number of carbonyl (C=O) groups excluding carboxylic acids is 1. The number of hydrogen-bond acceptors (Lipinski definition) is 5. The highest BCUT2D eigenvalue weighted by Gasteiger charge is 2.16. The molecule has 0 unspecified atom stereocenters. The quantitative estimate of drug-likeness (QED) is 0.340. The molecule has 22 heavy (non-hydrogen) atoms. The molecular formula is C15H23ClN4OS. The summed E-state index contributed by atoms with van der Waals surface area (Å²) in [7, 11) is 0. The van der Waals surface area contributed by atoms with Crippen molar-refractivity contribution in [3.63, 3.8) is 0 Å². The fraction of sp³-hybridized carbons (Fsp3) is 0.667. The Morgan fingerprint density at radius 3 is 2.86 bits per heavy atom. The van der Waals surface area contributed by atoms with Gasteiger partial charge in [-0.05, 0) is 19.3 Å². The van der Waals surface area contributed by atoms with E-state index in [-0.39, 0.29) is 5.91 Å². The Balaban J connectivity index is 1.83. The lowest BCUT2D eigenvalue weighted by molar-refractivity contribution is -0.118.